The zero-order valence-electron chi connectivity index (χ0n) is 13.3. The van der Waals surface area contributed by atoms with Crippen LogP contribution in [0.3, 0.4) is 0 Å². The molecule has 1 spiro atoms. The van der Waals surface area contributed by atoms with Gasteiger partial charge in [-0.3, -0.25) is 4.79 Å². The second kappa shape index (κ2) is 5.91. The lowest BCUT2D eigenvalue weighted by Crippen LogP contribution is -2.48. The molecule has 0 bridgehead atoms. The smallest absolute Gasteiger partial charge is 0.464 e. The molecular formula is C17H20BNO5. The number of rotatable bonds is 5. The standard InChI is InChI=1S/C17H20BNO5/c20-16(13-8-17(13)5-6-23-10-17)19-15(18(21)22)7-11-9-24-14-4-2-1-3-12(11)14/h1-4,9,13,15,21-22H,5-8,10H2,(H,19,20)/t13?,15-,17?/m0/s1. The molecule has 2 aromatic rings. The molecule has 2 unspecified atom stereocenters. The Hall–Kier alpha value is -1.83. The highest BCUT2D eigenvalue weighted by molar-refractivity contribution is 6.43. The van der Waals surface area contributed by atoms with Crippen molar-refractivity contribution in [3.8, 4) is 0 Å². The Morgan fingerprint density at radius 1 is 1.42 bits per heavy atom. The van der Waals surface area contributed by atoms with Crippen LogP contribution in [-0.2, 0) is 16.0 Å². The summed E-state index contributed by atoms with van der Waals surface area (Å²) in [5.74, 6) is -0.966. The quantitative estimate of drug-likeness (QED) is 0.709. The van der Waals surface area contributed by atoms with Crippen LogP contribution in [-0.4, -0.2) is 42.2 Å². The molecule has 2 aliphatic rings. The van der Waals surface area contributed by atoms with Crippen molar-refractivity contribution in [2.75, 3.05) is 13.2 Å². The Morgan fingerprint density at radius 2 is 2.25 bits per heavy atom. The van der Waals surface area contributed by atoms with Gasteiger partial charge in [0, 0.05) is 23.3 Å². The van der Waals surface area contributed by atoms with Crippen molar-refractivity contribution in [2.24, 2.45) is 11.3 Å². The first kappa shape index (κ1) is 15.7. The van der Waals surface area contributed by atoms with Gasteiger partial charge >= 0.3 is 7.12 Å². The Morgan fingerprint density at radius 3 is 3.00 bits per heavy atom. The number of benzene rings is 1. The summed E-state index contributed by atoms with van der Waals surface area (Å²) in [6.07, 6.45) is 3.64. The Balaban J connectivity index is 1.46. The number of para-hydroxylation sites is 1. The van der Waals surface area contributed by atoms with E-state index >= 15 is 0 Å². The maximum atomic E-state index is 12.5. The summed E-state index contributed by atoms with van der Waals surface area (Å²) < 4.78 is 10.9. The zero-order chi connectivity index (χ0) is 16.7. The van der Waals surface area contributed by atoms with E-state index in [0.29, 0.717) is 19.6 Å². The lowest BCUT2D eigenvalue weighted by molar-refractivity contribution is -0.123. The van der Waals surface area contributed by atoms with E-state index in [1.165, 1.54) is 0 Å². The average Bonchev–Trinajstić information content (AvgIpc) is 2.90. The third kappa shape index (κ3) is 2.72. The van der Waals surface area contributed by atoms with Crippen LogP contribution in [0, 0.1) is 11.3 Å². The number of carbonyl (C=O) groups is 1. The topological polar surface area (TPSA) is 91.9 Å². The van der Waals surface area contributed by atoms with Crippen LogP contribution < -0.4 is 5.32 Å². The maximum Gasteiger partial charge on any atom is 0.475 e. The highest BCUT2D eigenvalue weighted by atomic mass is 16.5. The number of carbonyl (C=O) groups excluding carboxylic acids is 1. The molecule has 1 saturated heterocycles. The summed E-state index contributed by atoms with van der Waals surface area (Å²) >= 11 is 0. The molecule has 1 aromatic carbocycles. The third-order valence-electron chi connectivity index (χ3n) is 5.33. The summed E-state index contributed by atoms with van der Waals surface area (Å²) in [6.45, 7) is 1.33. The van der Waals surface area contributed by atoms with Gasteiger partial charge in [0.05, 0.1) is 18.8 Å². The maximum absolute atomic E-state index is 12.5. The van der Waals surface area contributed by atoms with E-state index < -0.39 is 13.1 Å². The minimum atomic E-state index is -1.63. The Labute approximate surface area is 139 Å². The molecule has 1 amide bonds. The first-order chi connectivity index (χ1) is 11.6. The van der Waals surface area contributed by atoms with Gasteiger partial charge in [-0.2, -0.15) is 0 Å². The van der Waals surface area contributed by atoms with E-state index in [-0.39, 0.29) is 17.2 Å². The second-order valence-corrected chi connectivity index (χ2v) is 6.91. The molecule has 1 aromatic heterocycles. The van der Waals surface area contributed by atoms with Crippen molar-refractivity contribution in [3.05, 3.63) is 36.1 Å². The Bertz CT molecular complexity index is 752. The van der Waals surface area contributed by atoms with Crippen molar-refractivity contribution in [2.45, 2.75) is 25.2 Å². The summed E-state index contributed by atoms with van der Waals surface area (Å²) in [7, 11) is -1.63. The van der Waals surface area contributed by atoms with E-state index in [0.717, 1.165) is 29.4 Å². The molecular weight excluding hydrogens is 309 g/mol. The van der Waals surface area contributed by atoms with Crippen molar-refractivity contribution >= 4 is 24.0 Å². The van der Waals surface area contributed by atoms with Gasteiger partial charge in [-0.15, -0.1) is 0 Å². The molecule has 1 aliphatic heterocycles. The fourth-order valence-electron chi connectivity index (χ4n) is 3.72. The van der Waals surface area contributed by atoms with Gasteiger partial charge < -0.3 is 24.5 Å². The molecule has 2 fully saturated rings. The lowest BCUT2D eigenvalue weighted by atomic mass is 9.75. The van der Waals surface area contributed by atoms with E-state index in [1.807, 2.05) is 24.3 Å². The molecule has 3 atom stereocenters. The van der Waals surface area contributed by atoms with E-state index in [2.05, 4.69) is 5.32 Å². The molecule has 0 radical (unpaired) electrons. The summed E-state index contributed by atoms with van der Waals surface area (Å²) in [6, 6.07) is 7.56. The van der Waals surface area contributed by atoms with Crippen LogP contribution in [0.15, 0.2) is 34.9 Å². The molecule has 4 rings (SSSR count). The number of hydrogen-bond acceptors (Lipinski definition) is 5. The average molecular weight is 329 g/mol. The predicted molar refractivity (Wildman–Crippen MR) is 88.0 cm³/mol. The van der Waals surface area contributed by atoms with Crippen molar-refractivity contribution in [1.29, 1.82) is 0 Å². The van der Waals surface area contributed by atoms with Crippen LogP contribution >= 0.6 is 0 Å². The molecule has 2 heterocycles. The molecule has 126 valence electrons. The van der Waals surface area contributed by atoms with Gasteiger partial charge in [0.25, 0.3) is 0 Å². The number of furan rings is 1. The molecule has 24 heavy (non-hydrogen) atoms. The molecule has 6 nitrogen and oxygen atoms in total. The van der Waals surface area contributed by atoms with Crippen LogP contribution in [0.2, 0.25) is 0 Å². The molecule has 3 N–H and O–H groups in total. The summed E-state index contributed by atoms with van der Waals surface area (Å²) in [4.78, 5) is 12.5. The van der Waals surface area contributed by atoms with E-state index in [1.54, 1.807) is 6.26 Å². The highest BCUT2D eigenvalue weighted by Gasteiger charge is 2.60. The van der Waals surface area contributed by atoms with Crippen molar-refractivity contribution in [1.82, 2.24) is 5.32 Å². The minimum absolute atomic E-state index is 0.0165. The van der Waals surface area contributed by atoms with Crippen LogP contribution in [0.25, 0.3) is 11.0 Å². The molecule has 1 aliphatic carbocycles. The largest absolute Gasteiger partial charge is 0.475 e. The van der Waals surface area contributed by atoms with E-state index in [9.17, 15) is 14.8 Å². The number of hydrogen-bond donors (Lipinski definition) is 3. The predicted octanol–water partition coefficient (Wildman–Crippen LogP) is 0.899. The zero-order valence-corrected chi connectivity index (χ0v) is 13.3. The summed E-state index contributed by atoms with van der Waals surface area (Å²) in [5.41, 5.74) is 1.57. The lowest BCUT2D eigenvalue weighted by Gasteiger charge is -2.18. The van der Waals surface area contributed by atoms with Gasteiger partial charge in [0.15, 0.2) is 0 Å². The van der Waals surface area contributed by atoms with Crippen LogP contribution in [0.5, 0.6) is 0 Å². The van der Waals surface area contributed by atoms with Gasteiger partial charge in [-0.1, -0.05) is 18.2 Å². The SMILES string of the molecule is O=C(N[C@@H](Cc1coc2ccccc12)B(O)O)C1CC12CCOC2. The number of nitrogens with one attached hydrogen (secondary N) is 1. The van der Waals surface area contributed by atoms with Gasteiger partial charge in [-0.25, -0.2) is 0 Å². The molecule has 7 heteroatoms. The first-order valence-electron chi connectivity index (χ1n) is 8.28. The van der Waals surface area contributed by atoms with Gasteiger partial charge in [0.2, 0.25) is 5.91 Å². The monoisotopic (exact) mass is 329 g/mol. The van der Waals surface area contributed by atoms with Crippen molar-refractivity contribution in [3.63, 3.8) is 0 Å². The minimum Gasteiger partial charge on any atom is -0.464 e. The summed E-state index contributed by atoms with van der Waals surface area (Å²) in [5, 5.41) is 23.1. The van der Waals surface area contributed by atoms with Crippen LogP contribution in [0.4, 0.5) is 0 Å². The molecule has 1 saturated carbocycles. The van der Waals surface area contributed by atoms with E-state index in [4.69, 9.17) is 9.15 Å². The number of fused-ring (bicyclic) bond motifs is 1. The Kier molecular flexibility index (Phi) is 3.87. The van der Waals surface area contributed by atoms with Crippen molar-refractivity contribution < 1.29 is 24.0 Å². The second-order valence-electron chi connectivity index (χ2n) is 6.91. The fourth-order valence-corrected chi connectivity index (χ4v) is 3.72. The van der Waals surface area contributed by atoms with Gasteiger partial charge in [-0.05, 0) is 30.9 Å². The number of ether oxygens (including phenoxy) is 1. The number of amides is 1. The third-order valence-corrected chi connectivity index (χ3v) is 5.33. The highest BCUT2D eigenvalue weighted by Crippen LogP contribution is 2.57. The first-order valence-corrected chi connectivity index (χ1v) is 8.28. The normalized spacial score (nSPS) is 26.7. The fraction of sp³-hybridized carbons (Fsp3) is 0.471. The van der Waals surface area contributed by atoms with Crippen LogP contribution in [0.1, 0.15) is 18.4 Å². The van der Waals surface area contributed by atoms with Gasteiger partial charge in [0.1, 0.15) is 5.58 Å².